The minimum absolute atomic E-state index is 0.0934. The summed E-state index contributed by atoms with van der Waals surface area (Å²) in [6, 6.07) is 5.41. The number of Topliss-reactive ketones (excluding diaryl/α,β-unsaturated/α-hetero) is 1. The number of aryl methyl sites for hydroxylation is 1. The number of hydrogen-bond acceptors (Lipinski definition) is 3. The molecule has 0 saturated heterocycles. The van der Waals surface area contributed by atoms with Crippen molar-refractivity contribution in [2.24, 2.45) is 5.10 Å². The van der Waals surface area contributed by atoms with Crippen LogP contribution in [0.2, 0.25) is 5.02 Å². The Hall–Kier alpha value is -1.35. The largest absolute Gasteiger partial charge is 0.293 e. The second-order valence-corrected chi connectivity index (χ2v) is 3.38. The van der Waals surface area contributed by atoms with Gasteiger partial charge in [-0.15, -0.1) is 0 Å². The van der Waals surface area contributed by atoms with Gasteiger partial charge >= 0.3 is 0 Å². The van der Waals surface area contributed by atoms with Crippen molar-refractivity contribution in [2.45, 2.75) is 13.8 Å². The maximum Gasteiger partial charge on any atom is 0.172 e. The molecule has 1 aromatic rings. The molecule has 0 fully saturated rings. The standard InChI is InChI=1S/C10H11ClN2O/c1-7-5-9(11)3-4-10(7)13-12-6-8(2)14/h3-6,13H,1-2H3. The molecule has 1 rings (SSSR count). The topological polar surface area (TPSA) is 41.5 Å². The summed E-state index contributed by atoms with van der Waals surface area (Å²) in [5, 5.41) is 4.45. The summed E-state index contributed by atoms with van der Waals surface area (Å²) in [6.07, 6.45) is 1.23. The maximum absolute atomic E-state index is 10.6. The molecule has 14 heavy (non-hydrogen) atoms. The van der Waals surface area contributed by atoms with E-state index in [-0.39, 0.29) is 5.78 Å². The highest BCUT2D eigenvalue weighted by atomic mass is 35.5. The molecular formula is C10H11ClN2O. The summed E-state index contributed by atoms with van der Waals surface area (Å²) in [6.45, 7) is 3.36. The summed E-state index contributed by atoms with van der Waals surface area (Å²) in [5.41, 5.74) is 4.59. The lowest BCUT2D eigenvalue weighted by Gasteiger charge is -2.03. The highest BCUT2D eigenvalue weighted by Gasteiger charge is 1.96. The molecule has 3 nitrogen and oxygen atoms in total. The molecule has 0 saturated carbocycles. The van der Waals surface area contributed by atoms with Crippen LogP contribution in [0.1, 0.15) is 12.5 Å². The van der Waals surface area contributed by atoms with Crippen LogP contribution in [0, 0.1) is 6.92 Å². The molecule has 1 aromatic carbocycles. The third-order valence-electron chi connectivity index (χ3n) is 1.62. The second kappa shape index (κ2) is 4.77. The van der Waals surface area contributed by atoms with E-state index in [4.69, 9.17) is 11.6 Å². The van der Waals surface area contributed by atoms with Gasteiger partial charge in [-0.2, -0.15) is 5.10 Å². The van der Waals surface area contributed by atoms with Crippen LogP contribution in [-0.4, -0.2) is 12.0 Å². The first kappa shape index (κ1) is 10.7. The van der Waals surface area contributed by atoms with E-state index in [1.807, 2.05) is 19.1 Å². The van der Waals surface area contributed by atoms with E-state index < -0.39 is 0 Å². The van der Waals surface area contributed by atoms with Gasteiger partial charge in [0.05, 0.1) is 11.9 Å². The highest BCUT2D eigenvalue weighted by Crippen LogP contribution is 2.19. The van der Waals surface area contributed by atoms with Crippen molar-refractivity contribution < 1.29 is 4.79 Å². The van der Waals surface area contributed by atoms with Gasteiger partial charge in [0.1, 0.15) is 0 Å². The van der Waals surface area contributed by atoms with Crippen molar-refractivity contribution in [3.05, 3.63) is 28.8 Å². The van der Waals surface area contributed by atoms with Gasteiger partial charge in [0.25, 0.3) is 0 Å². The Balaban J connectivity index is 2.73. The van der Waals surface area contributed by atoms with Crippen LogP contribution in [0.25, 0.3) is 0 Å². The Kier molecular flexibility index (Phi) is 3.65. The molecule has 0 heterocycles. The Bertz CT molecular complexity index is 374. The Labute approximate surface area is 87.8 Å². The van der Waals surface area contributed by atoms with E-state index in [2.05, 4.69) is 10.5 Å². The molecule has 74 valence electrons. The van der Waals surface area contributed by atoms with Crippen molar-refractivity contribution >= 4 is 29.3 Å². The van der Waals surface area contributed by atoms with E-state index in [1.165, 1.54) is 13.1 Å². The Morgan fingerprint density at radius 3 is 2.86 bits per heavy atom. The van der Waals surface area contributed by atoms with Crippen LogP contribution in [0.3, 0.4) is 0 Å². The maximum atomic E-state index is 10.6. The van der Waals surface area contributed by atoms with Crippen molar-refractivity contribution in [1.29, 1.82) is 0 Å². The SMILES string of the molecule is CC(=O)C=NNc1ccc(Cl)cc1C. The number of nitrogens with zero attached hydrogens (tertiary/aromatic N) is 1. The number of hydrogen-bond donors (Lipinski definition) is 1. The van der Waals surface area contributed by atoms with Crippen molar-refractivity contribution in [3.63, 3.8) is 0 Å². The predicted molar refractivity (Wildman–Crippen MR) is 59.0 cm³/mol. The van der Waals surface area contributed by atoms with Gasteiger partial charge in [-0.3, -0.25) is 10.2 Å². The third-order valence-corrected chi connectivity index (χ3v) is 1.85. The van der Waals surface area contributed by atoms with Crippen LogP contribution >= 0.6 is 11.6 Å². The number of hydrazone groups is 1. The zero-order valence-electron chi connectivity index (χ0n) is 8.04. The minimum Gasteiger partial charge on any atom is -0.293 e. The number of benzene rings is 1. The number of nitrogens with one attached hydrogen (secondary N) is 1. The molecule has 0 aromatic heterocycles. The fourth-order valence-corrected chi connectivity index (χ4v) is 1.17. The van der Waals surface area contributed by atoms with Crippen LogP contribution in [0.15, 0.2) is 23.3 Å². The van der Waals surface area contributed by atoms with Crippen LogP contribution in [0.5, 0.6) is 0 Å². The number of ketones is 1. The summed E-state index contributed by atoms with van der Waals surface area (Å²) in [7, 11) is 0. The van der Waals surface area contributed by atoms with Gasteiger partial charge in [0.2, 0.25) is 0 Å². The molecule has 0 aliphatic carbocycles. The van der Waals surface area contributed by atoms with Crippen LogP contribution < -0.4 is 5.43 Å². The molecule has 0 unspecified atom stereocenters. The van der Waals surface area contributed by atoms with Gasteiger partial charge in [-0.25, -0.2) is 0 Å². The number of halogens is 1. The lowest BCUT2D eigenvalue weighted by atomic mass is 10.2. The molecule has 0 amide bonds. The smallest absolute Gasteiger partial charge is 0.172 e. The zero-order valence-corrected chi connectivity index (χ0v) is 8.80. The summed E-state index contributed by atoms with van der Waals surface area (Å²) >= 11 is 5.78. The summed E-state index contributed by atoms with van der Waals surface area (Å²) in [5.74, 6) is -0.0934. The quantitative estimate of drug-likeness (QED) is 0.616. The number of anilines is 1. The molecule has 0 aliphatic rings. The molecule has 0 radical (unpaired) electrons. The third kappa shape index (κ3) is 3.18. The molecule has 1 N–H and O–H groups in total. The van der Waals surface area contributed by atoms with Gasteiger partial charge in [-0.1, -0.05) is 11.6 Å². The molecule has 4 heteroatoms. The highest BCUT2D eigenvalue weighted by molar-refractivity contribution is 6.30. The fraction of sp³-hybridized carbons (Fsp3) is 0.200. The van der Waals surface area contributed by atoms with Gasteiger partial charge in [0, 0.05) is 11.9 Å². The van der Waals surface area contributed by atoms with Crippen LogP contribution in [-0.2, 0) is 4.79 Å². The molecular weight excluding hydrogens is 200 g/mol. The lowest BCUT2D eigenvalue weighted by Crippen LogP contribution is -1.96. The van der Waals surface area contributed by atoms with E-state index in [9.17, 15) is 4.79 Å². The van der Waals surface area contributed by atoms with Gasteiger partial charge < -0.3 is 0 Å². The van der Waals surface area contributed by atoms with E-state index in [1.54, 1.807) is 6.07 Å². The summed E-state index contributed by atoms with van der Waals surface area (Å²) in [4.78, 5) is 10.6. The molecule has 0 bridgehead atoms. The van der Waals surface area contributed by atoms with Crippen LogP contribution in [0.4, 0.5) is 5.69 Å². The van der Waals surface area contributed by atoms with E-state index in [0.29, 0.717) is 5.02 Å². The fourth-order valence-electron chi connectivity index (χ4n) is 0.945. The monoisotopic (exact) mass is 210 g/mol. The lowest BCUT2D eigenvalue weighted by molar-refractivity contribution is -0.110. The molecule has 0 atom stereocenters. The summed E-state index contributed by atoms with van der Waals surface area (Å²) < 4.78 is 0. The average molecular weight is 211 g/mol. The van der Waals surface area contributed by atoms with Crippen molar-refractivity contribution in [1.82, 2.24) is 0 Å². The zero-order chi connectivity index (χ0) is 10.6. The van der Waals surface area contributed by atoms with E-state index in [0.717, 1.165) is 11.3 Å². The number of carbonyl (C=O) groups is 1. The first-order valence-electron chi connectivity index (χ1n) is 4.15. The average Bonchev–Trinajstić information content (AvgIpc) is 2.08. The van der Waals surface area contributed by atoms with Crippen molar-refractivity contribution in [3.8, 4) is 0 Å². The molecule has 0 aliphatic heterocycles. The van der Waals surface area contributed by atoms with E-state index >= 15 is 0 Å². The predicted octanol–water partition coefficient (Wildman–Crippen LogP) is 2.64. The number of rotatable bonds is 3. The first-order chi connectivity index (χ1) is 6.59. The van der Waals surface area contributed by atoms with Crippen molar-refractivity contribution in [2.75, 3.05) is 5.43 Å². The van der Waals surface area contributed by atoms with Gasteiger partial charge in [0.15, 0.2) is 5.78 Å². The normalized spacial score (nSPS) is 10.5. The Morgan fingerprint density at radius 1 is 1.57 bits per heavy atom. The second-order valence-electron chi connectivity index (χ2n) is 2.94. The first-order valence-corrected chi connectivity index (χ1v) is 4.53. The number of carbonyl (C=O) groups excluding carboxylic acids is 1. The minimum atomic E-state index is -0.0934. The van der Waals surface area contributed by atoms with Gasteiger partial charge in [-0.05, 0) is 30.7 Å². The Morgan fingerprint density at radius 2 is 2.29 bits per heavy atom. The molecule has 0 spiro atoms.